The predicted molar refractivity (Wildman–Crippen MR) is 132 cm³/mol. The molecule has 0 aliphatic rings. The Hall–Kier alpha value is -1.43. The van der Waals surface area contributed by atoms with Gasteiger partial charge in [-0.1, -0.05) is 93.2 Å². The van der Waals surface area contributed by atoms with Crippen LogP contribution in [0, 0.1) is 17.8 Å². The van der Waals surface area contributed by atoms with Gasteiger partial charge in [0.15, 0.2) is 10.2 Å². The monoisotopic (exact) mass is 463 g/mol. The molecule has 0 aliphatic heterocycles. The number of carbonyl (C=O) groups excluding carboxylic acids is 2. The summed E-state index contributed by atoms with van der Waals surface area (Å²) in [7, 11) is 0. The Kier molecular flexibility index (Phi) is 10.3. The average molecular weight is 464 g/mol. The zero-order chi connectivity index (χ0) is 22.1. The van der Waals surface area contributed by atoms with Crippen molar-refractivity contribution in [1.29, 1.82) is 0 Å². The first-order valence-corrected chi connectivity index (χ1v) is 12.6. The summed E-state index contributed by atoms with van der Waals surface area (Å²) in [4.78, 5) is 25.9. The van der Waals surface area contributed by atoms with Gasteiger partial charge in [0.25, 0.3) is 0 Å². The molecule has 162 valence electrons. The molecule has 0 saturated heterocycles. The number of rotatable bonds is 10. The van der Waals surface area contributed by atoms with Crippen LogP contribution < -0.4 is 5.32 Å². The van der Waals surface area contributed by atoms with Crippen LogP contribution in [-0.4, -0.2) is 21.7 Å². The molecular formula is C24H30ClNO2S2. The van der Waals surface area contributed by atoms with Crippen molar-refractivity contribution in [2.45, 2.75) is 33.7 Å². The maximum atomic E-state index is 13.3. The standard InChI is InChI=1S/C24H30ClNO2S2/c1-5-29-23(27)17(4)16(3)21(24(28)30-6-2)22(18-10-8-7-9-11-18)26-20-14-12-19(25)13-15-20/h7-17,21-22,26H,5-6H2,1-4H3/t16-,17+,21-,22+/m0/s1. The highest BCUT2D eigenvalue weighted by atomic mass is 35.5. The molecule has 0 radical (unpaired) electrons. The molecule has 2 rings (SSSR count). The van der Waals surface area contributed by atoms with Crippen molar-refractivity contribution in [2.24, 2.45) is 17.8 Å². The summed E-state index contributed by atoms with van der Waals surface area (Å²) in [6.07, 6.45) is 0. The Morgan fingerprint density at radius 2 is 1.47 bits per heavy atom. The van der Waals surface area contributed by atoms with E-state index in [1.165, 1.54) is 23.5 Å². The van der Waals surface area contributed by atoms with Crippen LogP contribution in [0.1, 0.15) is 39.3 Å². The molecular weight excluding hydrogens is 434 g/mol. The van der Waals surface area contributed by atoms with E-state index < -0.39 is 0 Å². The van der Waals surface area contributed by atoms with E-state index >= 15 is 0 Å². The normalized spacial score (nSPS) is 15.1. The lowest BCUT2D eigenvalue weighted by Crippen LogP contribution is -2.36. The first-order chi connectivity index (χ1) is 14.4. The molecule has 2 aromatic carbocycles. The van der Waals surface area contributed by atoms with E-state index in [1.54, 1.807) is 0 Å². The number of hydrogen-bond donors (Lipinski definition) is 1. The molecule has 0 heterocycles. The highest BCUT2D eigenvalue weighted by Crippen LogP contribution is 2.39. The minimum absolute atomic E-state index is 0.112. The van der Waals surface area contributed by atoms with Gasteiger partial charge in [0.1, 0.15) is 0 Å². The number of benzene rings is 2. The Labute approximate surface area is 193 Å². The lowest BCUT2D eigenvalue weighted by molar-refractivity contribution is -0.119. The zero-order valence-corrected chi connectivity index (χ0v) is 20.3. The minimum atomic E-state index is -0.357. The molecule has 0 fully saturated rings. The van der Waals surface area contributed by atoms with Gasteiger partial charge in [0.2, 0.25) is 0 Å². The van der Waals surface area contributed by atoms with E-state index in [9.17, 15) is 9.59 Å². The quantitative estimate of drug-likeness (QED) is 0.413. The van der Waals surface area contributed by atoms with Gasteiger partial charge >= 0.3 is 0 Å². The van der Waals surface area contributed by atoms with Crippen molar-refractivity contribution >= 4 is 51.0 Å². The van der Waals surface area contributed by atoms with Crippen LogP contribution >= 0.6 is 35.1 Å². The van der Waals surface area contributed by atoms with Crippen molar-refractivity contribution in [3.8, 4) is 0 Å². The molecule has 0 unspecified atom stereocenters. The maximum Gasteiger partial charge on any atom is 0.194 e. The van der Waals surface area contributed by atoms with Crippen molar-refractivity contribution in [3.63, 3.8) is 0 Å². The van der Waals surface area contributed by atoms with E-state index in [1.807, 2.05) is 82.3 Å². The SMILES string of the molecule is CCSC(=O)[C@@H]([C@@H](C)[C@@H](C)C(=O)SCC)[C@H](Nc1ccc(Cl)cc1)c1ccccc1. The fourth-order valence-corrected chi connectivity index (χ4v) is 5.17. The lowest BCUT2D eigenvalue weighted by atomic mass is 9.78. The second kappa shape index (κ2) is 12.4. The maximum absolute atomic E-state index is 13.3. The van der Waals surface area contributed by atoms with Gasteiger partial charge in [0.05, 0.1) is 12.0 Å². The molecule has 4 atom stereocenters. The summed E-state index contributed by atoms with van der Waals surface area (Å²) in [5.41, 5.74) is 1.92. The van der Waals surface area contributed by atoms with Crippen molar-refractivity contribution in [1.82, 2.24) is 0 Å². The van der Waals surface area contributed by atoms with E-state index in [2.05, 4.69) is 5.32 Å². The largest absolute Gasteiger partial charge is 0.377 e. The molecule has 0 saturated carbocycles. The smallest absolute Gasteiger partial charge is 0.194 e. The van der Waals surface area contributed by atoms with Crippen LogP contribution in [-0.2, 0) is 9.59 Å². The molecule has 0 spiro atoms. The Bertz CT molecular complexity index is 814. The molecule has 3 nitrogen and oxygen atoms in total. The van der Waals surface area contributed by atoms with Gasteiger partial charge in [-0.25, -0.2) is 0 Å². The van der Waals surface area contributed by atoms with Gasteiger partial charge in [0, 0.05) is 16.6 Å². The molecule has 0 aromatic heterocycles. The first-order valence-electron chi connectivity index (χ1n) is 10.3. The number of halogens is 1. The Balaban J connectivity index is 2.46. The third-order valence-corrected chi connectivity index (χ3v) is 7.30. The molecule has 1 N–H and O–H groups in total. The third-order valence-electron chi connectivity index (χ3n) is 5.26. The van der Waals surface area contributed by atoms with Crippen molar-refractivity contribution in [2.75, 3.05) is 16.8 Å². The first kappa shape index (κ1) is 24.8. The average Bonchev–Trinajstić information content (AvgIpc) is 2.75. The van der Waals surface area contributed by atoms with Gasteiger partial charge in [-0.3, -0.25) is 9.59 Å². The molecule has 2 aromatic rings. The zero-order valence-electron chi connectivity index (χ0n) is 17.9. The minimum Gasteiger partial charge on any atom is -0.377 e. The number of thioether (sulfide) groups is 2. The van der Waals surface area contributed by atoms with Crippen LogP contribution in [0.15, 0.2) is 54.6 Å². The Morgan fingerprint density at radius 3 is 2.03 bits per heavy atom. The number of carbonyl (C=O) groups is 2. The third kappa shape index (κ3) is 6.79. The topological polar surface area (TPSA) is 46.2 Å². The summed E-state index contributed by atoms with van der Waals surface area (Å²) >= 11 is 8.71. The highest BCUT2D eigenvalue weighted by Gasteiger charge is 2.38. The van der Waals surface area contributed by atoms with Crippen LogP contribution in [0.2, 0.25) is 5.02 Å². The van der Waals surface area contributed by atoms with E-state index in [0.29, 0.717) is 10.8 Å². The van der Waals surface area contributed by atoms with Crippen LogP contribution in [0.5, 0.6) is 0 Å². The Morgan fingerprint density at radius 1 is 0.900 bits per heavy atom. The molecule has 6 heteroatoms. The number of anilines is 1. The second-order valence-corrected chi connectivity index (χ2v) is 10.2. The molecule has 0 aliphatic carbocycles. The molecule has 0 bridgehead atoms. The summed E-state index contributed by atoms with van der Waals surface area (Å²) in [6, 6.07) is 17.2. The van der Waals surface area contributed by atoms with Crippen molar-refractivity contribution < 1.29 is 9.59 Å². The fraction of sp³-hybridized carbons (Fsp3) is 0.417. The van der Waals surface area contributed by atoms with Crippen LogP contribution in [0.25, 0.3) is 0 Å². The van der Waals surface area contributed by atoms with Gasteiger partial charge < -0.3 is 5.32 Å². The molecule has 30 heavy (non-hydrogen) atoms. The van der Waals surface area contributed by atoms with E-state index in [0.717, 1.165) is 17.0 Å². The van der Waals surface area contributed by atoms with E-state index in [4.69, 9.17) is 11.6 Å². The number of hydrogen-bond acceptors (Lipinski definition) is 5. The van der Waals surface area contributed by atoms with E-state index in [-0.39, 0.29) is 34.0 Å². The lowest BCUT2D eigenvalue weighted by Gasteiger charge is -2.34. The van der Waals surface area contributed by atoms with Crippen LogP contribution in [0.4, 0.5) is 5.69 Å². The van der Waals surface area contributed by atoms with Crippen LogP contribution in [0.3, 0.4) is 0 Å². The summed E-state index contributed by atoms with van der Waals surface area (Å²) in [5.74, 6) is 0.747. The van der Waals surface area contributed by atoms with Crippen molar-refractivity contribution in [3.05, 3.63) is 65.2 Å². The van der Waals surface area contributed by atoms with Gasteiger partial charge in [-0.15, -0.1) is 0 Å². The second-order valence-electron chi connectivity index (χ2n) is 7.22. The number of nitrogens with one attached hydrogen (secondary N) is 1. The highest BCUT2D eigenvalue weighted by molar-refractivity contribution is 8.13. The summed E-state index contributed by atoms with van der Waals surface area (Å²) < 4.78 is 0. The molecule has 0 amide bonds. The summed E-state index contributed by atoms with van der Waals surface area (Å²) in [5, 5.41) is 4.47. The predicted octanol–water partition coefficient (Wildman–Crippen LogP) is 6.94. The van der Waals surface area contributed by atoms with Gasteiger partial charge in [-0.05, 0) is 47.3 Å². The summed E-state index contributed by atoms with van der Waals surface area (Å²) in [6.45, 7) is 7.92. The van der Waals surface area contributed by atoms with Gasteiger partial charge in [-0.2, -0.15) is 0 Å². The fourth-order valence-electron chi connectivity index (χ4n) is 3.46.